The maximum atomic E-state index is 12.9. The van der Waals surface area contributed by atoms with Gasteiger partial charge in [0, 0.05) is 18.0 Å². The van der Waals surface area contributed by atoms with E-state index in [2.05, 4.69) is 5.10 Å². The number of hydrogen-bond acceptors (Lipinski definition) is 2. The molecule has 7 heteroatoms. The van der Waals surface area contributed by atoms with Crippen LogP contribution in [0.25, 0.3) is 5.52 Å². The molecule has 0 unspecified atom stereocenters. The topological polar surface area (TPSA) is 39.3 Å². The quantitative estimate of drug-likeness (QED) is 0.712. The molecule has 0 bridgehead atoms. The van der Waals surface area contributed by atoms with Crippen LogP contribution in [0.15, 0.2) is 41.5 Å². The molecule has 0 aliphatic heterocycles. The Morgan fingerprint density at radius 3 is 2.72 bits per heavy atom. The van der Waals surface area contributed by atoms with E-state index in [0.29, 0.717) is 11.1 Å². The van der Waals surface area contributed by atoms with Gasteiger partial charge in [-0.15, -0.1) is 0 Å². The lowest BCUT2D eigenvalue weighted by atomic mass is 9.97. The smallest absolute Gasteiger partial charge is 0.308 e. The summed E-state index contributed by atoms with van der Waals surface area (Å²) >= 11 is 0. The van der Waals surface area contributed by atoms with Gasteiger partial charge in [-0.2, -0.15) is 18.3 Å². The lowest BCUT2D eigenvalue weighted by molar-refractivity contribution is -0.137. The Morgan fingerprint density at radius 1 is 1.12 bits per heavy atom. The van der Waals surface area contributed by atoms with E-state index in [9.17, 15) is 18.0 Å². The van der Waals surface area contributed by atoms with Crippen LogP contribution >= 0.6 is 0 Å². The van der Waals surface area contributed by atoms with E-state index in [1.165, 1.54) is 10.6 Å². The molecule has 1 aliphatic carbocycles. The standard InChI is InChI=1S/C18H16F3N3O/c19-18(20,21)13-5-3-4-12(10-13)11-23-8-9-24-16(17(23)25)14-6-1-2-7-15(14)22-24/h3-5,8-10H,1-2,6-7,11H2. The first-order chi connectivity index (χ1) is 11.9. The minimum Gasteiger partial charge on any atom is -0.308 e. The molecule has 0 atom stereocenters. The van der Waals surface area contributed by atoms with Crippen molar-refractivity contribution in [2.45, 2.75) is 38.4 Å². The van der Waals surface area contributed by atoms with Crippen LogP contribution < -0.4 is 5.56 Å². The molecule has 0 fully saturated rings. The molecule has 130 valence electrons. The van der Waals surface area contributed by atoms with Crippen molar-refractivity contribution >= 4 is 5.52 Å². The van der Waals surface area contributed by atoms with E-state index in [4.69, 9.17) is 0 Å². The van der Waals surface area contributed by atoms with Crippen molar-refractivity contribution in [2.75, 3.05) is 0 Å². The lowest BCUT2D eigenvalue weighted by Gasteiger charge is -2.11. The zero-order valence-corrected chi connectivity index (χ0v) is 13.4. The average molecular weight is 347 g/mol. The molecule has 4 rings (SSSR count). The zero-order valence-electron chi connectivity index (χ0n) is 13.4. The van der Waals surface area contributed by atoms with Crippen LogP contribution in [0.3, 0.4) is 0 Å². The molecule has 2 aromatic heterocycles. The van der Waals surface area contributed by atoms with Gasteiger partial charge in [0.2, 0.25) is 0 Å². The van der Waals surface area contributed by atoms with Crippen molar-refractivity contribution < 1.29 is 13.2 Å². The third kappa shape index (κ3) is 2.83. The third-order valence-corrected chi connectivity index (χ3v) is 4.64. The first-order valence-electron chi connectivity index (χ1n) is 8.19. The molecule has 0 radical (unpaired) electrons. The Morgan fingerprint density at radius 2 is 1.92 bits per heavy atom. The maximum Gasteiger partial charge on any atom is 0.416 e. The number of aromatic nitrogens is 3. The second kappa shape index (κ2) is 5.75. The molecule has 25 heavy (non-hydrogen) atoms. The van der Waals surface area contributed by atoms with Crippen molar-refractivity contribution in [1.82, 2.24) is 14.2 Å². The van der Waals surface area contributed by atoms with Crippen LogP contribution in [0.1, 0.15) is 35.2 Å². The Balaban J connectivity index is 1.76. The van der Waals surface area contributed by atoms with Crippen LogP contribution in [0.2, 0.25) is 0 Å². The minimum absolute atomic E-state index is 0.0964. The number of rotatable bonds is 2. The van der Waals surface area contributed by atoms with Crippen molar-refractivity contribution in [1.29, 1.82) is 0 Å². The number of fused-ring (bicyclic) bond motifs is 3. The fourth-order valence-corrected chi connectivity index (χ4v) is 3.42. The van der Waals surface area contributed by atoms with Gasteiger partial charge in [0.15, 0.2) is 0 Å². The summed E-state index contributed by atoms with van der Waals surface area (Å²) in [5.74, 6) is 0. The van der Waals surface area contributed by atoms with Gasteiger partial charge in [-0.3, -0.25) is 4.79 Å². The van der Waals surface area contributed by atoms with Gasteiger partial charge in [0.25, 0.3) is 5.56 Å². The van der Waals surface area contributed by atoms with Gasteiger partial charge in [0.05, 0.1) is 17.8 Å². The fourth-order valence-electron chi connectivity index (χ4n) is 3.42. The first-order valence-corrected chi connectivity index (χ1v) is 8.19. The van der Waals surface area contributed by atoms with Crippen LogP contribution in [0.4, 0.5) is 13.2 Å². The SMILES string of the molecule is O=c1c2c3c(nn2ccn1Cc1cccc(C(F)(F)F)c1)CCCC3. The summed E-state index contributed by atoms with van der Waals surface area (Å²) in [5.41, 5.74) is 2.00. The molecule has 1 aromatic carbocycles. The summed E-state index contributed by atoms with van der Waals surface area (Å²) in [6.45, 7) is 0.0964. The lowest BCUT2D eigenvalue weighted by Crippen LogP contribution is -2.23. The van der Waals surface area contributed by atoms with Gasteiger partial charge >= 0.3 is 6.18 Å². The van der Waals surface area contributed by atoms with Crippen molar-refractivity contribution in [2.24, 2.45) is 0 Å². The minimum atomic E-state index is -4.39. The summed E-state index contributed by atoms with van der Waals surface area (Å²) in [6.07, 6.45) is 2.66. The van der Waals surface area contributed by atoms with Crippen molar-refractivity contribution in [3.8, 4) is 0 Å². The second-order valence-electron chi connectivity index (χ2n) is 6.35. The third-order valence-electron chi connectivity index (χ3n) is 4.64. The number of benzene rings is 1. The van der Waals surface area contributed by atoms with E-state index in [0.717, 1.165) is 49.1 Å². The highest BCUT2D eigenvalue weighted by Gasteiger charge is 2.30. The monoisotopic (exact) mass is 347 g/mol. The highest BCUT2D eigenvalue weighted by Crippen LogP contribution is 2.29. The number of hydrogen-bond donors (Lipinski definition) is 0. The molecule has 2 heterocycles. The van der Waals surface area contributed by atoms with Gasteiger partial charge in [-0.05, 0) is 43.4 Å². The number of nitrogens with zero attached hydrogens (tertiary/aromatic N) is 3. The molecule has 0 saturated heterocycles. The molecule has 0 spiro atoms. The predicted octanol–water partition coefficient (Wildman–Crippen LogP) is 3.44. The van der Waals surface area contributed by atoms with Gasteiger partial charge in [0.1, 0.15) is 5.52 Å². The van der Waals surface area contributed by atoms with Gasteiger partial charge < -0.3 is 4.57 Å². The molecule has 0 N–H and O–H groups in total. The Kier molecular flexibility index (Phi) is 3.67. The van der Waals surface area contributed by atoms with Crippen LogP contribution in [0.5, 0.6) is 0 Å². The Hall–Kier alpha value is -2.57. The van der Waals surface area contributed by atoms with Gasteiger partial charge in [-0.1, -0.05) is 12.1 Å². The largest absolute Gasteiger partial charge is 0.416 e. The van der Waals surface area contributed by atoms with Crippen LogP contribution in [-0.2, 0) is 25.6 Å². The summed E-state index contributed by atoms with van der Waals surface area (Å²) < 4.78 is 41.6. The molecule has 3 aromatic rings. The molecular formula is C18H16F3N3O. The maximum absolute atomic E-state index is 12.9. The van der Waals surface area contributed by atoms with Crippen molar-refractivity contribution in [3.05, 3.63) is 69.4 Å². The van der Waals surface area contributed by atoms with Crippen LogP contribution in [-0.4, -0.2) is 14.2 Å². The number of aryl methyl sites for hydroxylation is 2. The zero-order chi connectivity index (χ0) is 17.6. The Labute approximate surface area is 141 Å². The summed E-state index contributed by atoms with van der Waals surface area (Å²) in [4.78, 5) is 12.8. The molecule has 1 aliphatic rings. The van der Waals surface area contributed by atoms with Gasteiger partial charge in [-0.25, -0.2) is 4.52 Å². The number of halogens is 3. The fraction of sp³-hybridized carbons (Fsp3) is 0.333. The normalized spacial score (nSPS) is 14.7. The van der Waals surface area contributed by atoms with E-state index in [1.807, 2.05) is 0 Å². The highest BCUT2D eigenvalue weighted by molar-refractivity contribution is 5.56. The molecule has 4 nitrogen and oxygen atoms in total. The summed E-state index contributed by atoms with van der Waals surface area (Å²) in [6, 6.07) is 5.07. The molecule has 0 saturated carbocycles. The van der Waals surface area contributed by atoms with E-state index >= 15 is 0 Å². The predicted molar refractivity (Wildman–Crippen MR) is 86.6 cm³/mol. The molecular weight excluding hydrogens is 331 g/mol. The average Bonchev–Trinajstić information content (AvgIpc) is 2.96. The van der Waals surface area contributed by atoms with E-state index < -0.39 is 11.7 Å². The van der Waals surface area contributed by atoms with Crippen LogP contribution in [0, 0.1) is 0 Å². The molecule has 0 amide bonds. The number of alkyl halides is 3. The van der Waals surface area contributed by atoms with E-state index in [1.54, 1.807) is 23.0 Å². The summed E-state index contributed by atoms with van der Waals surface area (Å²) in [5, 5.41) is 4.46. The first kappa shape index (κ1) is 15.9. The Bertz CT molecular complexity index is 1000. The van der Waals surface area contributed by atoms with Crippen molar-refractivity contribution in [3.63, 3.8) is 0 Å². The highest BCUT2D eigenvalue weighted by atomic mass is 19.4. The second-order valence-corrected chi connectivity index (χ2v) is 6.35. The summed E-state index contributed by atoms with van der Waals surface area (Å²) in [7, 11) is 0. The van der Waals surface area contributed by atoms with E-state index in [-0.39, 0.29) is 12.1 Å².